The summed E-state index contributed by atoms with van der Waals surface area (Å²) in [4.78, 5) is 42.8. The van der Waals surface area contributed by atoms with Crippen LogP contribution in [0.3, 0.4) is 0 Å². The smallest absolute Gasteiger partial charge is 0.242 e. The van der Waals surface area contributed by atoms with Crippen LogP contribution in [0.15, 0.2) is 47.3 Å². The van der Waals surface area contributed by atoms with Crippen molar-refractivity contribution < 1.29 is 14.0 Å². The highest BCUT2D eigenvalue weighted by Crippen LogP contribution is 2.59. The molecule has 49 heavy (non-hydrogen) atoms. The van der Waals surface area contributed by atoms with Gasteiger partial charge in [0.1, 0.15) is 21.7 Å². The standard InChI is InChI=1S/C37H46BrN7O3Si/c1-22-9-12-30(38)41-32(22)42-33(47)28-18-36(6)19-29(36)44(28)15-16-45-27-11-10-24(17-26(27)31(43-45)23(2)46)25-20-39-34(40-21-25)37(13-14-37)48-49(7,8)35(3,4)5/h9-12,17,20-21,28-29H,13-16,18-19H2,1-8H3,(H,41,42,47)/t28-,29+,36-/m0/s1. The van der Waals surface area contributed by atoms with Crippen LogP contribution in [0.4, 0.5) is 5.82 Å². The van der Waals surface area contributed by atoms with E-state index in [0.29, 0.717) is 35.2 Å². The summed E-state index contributed by atoms with van der Waals surface area (Å²) in [5.74, 6) is 1.21. The molecular formula is C37H46BrN7O3Si. The minimum absolute atomic E-state index is 0.0334. The van der Waals surface area contributed by atoms with E-state index in [2.05, 4.69) is 71.9 Å². The number of Topliss-reactive ketones (excluding diaryl/α,β-unsaturated/α-hetero) is 1. The van der Waals surface area contributed by atoms with E-state index < -0.39 is 8.32 Å². The summed E-state index contributed by atoms with van der Waals surface area (Å²) >= 11 is 3.42. The molecule has 3 atom stereocenters. The van der Waals surface area contributed by atoms with Crippen LogP contribution >= 0.6 is 15.9 Å². The summed E-state index contributed by atoms with van der Waals surface area (Å²) in [6, 6.07) is 9.99. The number of fused-ring (bicyclic) bond motifs is 2. The zero-order valence-electron chi connectivity index (χ0n) is 29.7. The van der Waals surface area contributed by atoms with E-state index in [1.54, 1.807) is 6.92 Å². The number of hydrogen-bond donors (Lipinski definition) is 1. The summed E-state index contributed by atoms with van der Waals surface area (Å²) in [6.45, 7) is 18.3. The van der Waals surface area contributed by atoms with Crippen molar-refractivity contribution in [3.63, 3.8) is 0 Å². The van der Waals surface area contributed by atoms with Crippen molar-refractivity contribution in [3.05, 3.63) is 64.4 Å². The van der Waals surface area contributed by atoms with Gasteiger partial charge in [-0.15, -0.1) is 0 Å². The molecule has 1 amide bonds. The molecule has 3 aliphatic rings. The molecule has 10 nitrogen and oxygen atoms in total. The predicted molar refractivity (Wildman–Crippen MR) is 197 cm³/mol. The van der Waals surface area contributed by atoms with E-state index in [-0.39, 0.29) is 33.8 Å². The molecular weight excluding hydrogens is 698 g/mol. The number of ketones is 1. The lowest BCUT2D eigenvalue weighted by molar-refractivity contribution is -0.121. The third kappa shape index (κ3) is 6.30. The highest BCUT2D eigenvalue weighted by molar-refractivity contribution is 9.10. The Hall–Kier alpha value is -3.32. The highest BCUT2D eigenvalue weighted by Gasteiger charge is 2.62. The fourth-order valence-electron chi connectivity index (χ4n) is 7.12. The number of likely N-dealkylation sites (tertiary alicyclic amines) is 1. The first-order valence-corrected chi connectivity index (χ1v) is 20.9. The number of carbonyl (C=O) groups is 2. The van der Waals surface area contributed by atoms with Crippen LogP contribution < -0.4 is 5.32 Å². The van der Waals surface area contributed by atoms with E-state index in [0.717, 1.165) is 59.1 Å². The van der Waals surface area contributed by atoms with Gasteiger partial charge in [0.2, 0.25) is 5.91 Å². The van der Waals surface area contributed by atoms with Gasteiger partial charge in [-0.05, 0) is 101 Å². The first kappa shape index (κ1) is 34.1. The number of rotatable bonds is 10. The quantitative estimate of drug-likeness (QED) is 0.100. The molecule has 1 aromatic carbocycles. The summed E-state index contributed by atoms with van der Waals surface area (Å²) in [6.07, 6.45) is 7.51. The van der Waals surface area contributed by atoms with Crippen molar-refractivity contribution in [2.75, 3.05) is 11.9 Å². The van der Waals surface area contributed by atoms with Crippen molar-refractivity contribution >= 4 is 52.7 Å². The Morgan fingerprint density at radius 3 is 2.43 bits per heavy atom. The Morgan fingerprint density at radius 2 is 1.78 bits per heavy atom. The van der Waals surface area contributed by atoms with E-state index in [1.165, 1.54) is 0 Å². The highest BCUT2D eigenvalue weighted by atomic mass is 79.9. The fraction of sp³-hybridized carbons (Fsp3) is 0.514. The van der Waals surface area contributed by atoms with Gasteiger partial charge >= 0.3 is 0 Å². The molecule has 1 saturated heterocycles. The van der Waals surface area contributed by atoms with E-state index in [1.807, 2.05) is 54.3 Å². The van der Waals surface area contributed by atoms with Gasteiger partial charge < -0.3 is 9.74 Å². The van der Waals surface area contributed by atoms with Crippen molar-refractivity contribution in [1.29, 1.82) is 0 Å². The number of nitrogens with zero attached hydrogens (tertiary/aromatic N) is 6. The average Bonchev–Trinajstić information content (AvgIpc) is 3.89. The summed E-state index contributed by atoms with van der Waals surface area (Å²) in [7, 11) is -1.98. The number of hydrogen-bond acceptors (Lipinski definition) is 8. The number of nitrogens with one attached hydrogen (secondary N) is 1. The second-order valence-electron chi connectivity index (χ2n) is 16.1. The van der Waals surface area contributed by atoms with Crippen LogP contribution in [0.1, 0.15) is 82.2 Å². The largest absolute Gasteiger partial charge is 0.404 e. The van der Waals surface area contributed by atoms with Gasteiger partial charge in [0.05, 0.1) is 18.1 Å². The van der Waals surface area contributed by atoms with Crippen LogP contribution in [0, 0.1) is 12.3 Å². The zero-order chi connectivity index (χ0) is 35.1. The monoisotopic (exact) mass is 743 g/mol. The Balaban J connectivity index is 1.10. The van der Waals surface area contributed by atoms with E-state index >= 15 is 0 Å². The van der Waals surface area contributed by atoms with Gasteiger partial charge in [0.15, 0.2) is 19.9 Å². The van der Waals surface area contributed by atoms with Crippen molar-refractivity contribution in [3.8, 4) is 11.1 Å². The molecule has 12 heteroatoms. The number of benzene rings is 1. The lowest BCUT2D eigenvalue weighted by Crippen LogP contribution is -2.44. The van der Waals surface area contributed by atoms with Gasteiger partial charge in [-0.3, -0.25) is 19.2 Å². The van der Waals surface area contributed by atoms with E-state index in [4.69, 9.17) is 19.5 Å². The molecule has 3 aromatic heterocycles. The number of aryl methyl sites for hydroxylation is 1. The molecule has 7 rings (SSSR count). The number of pyridine rings is 1. The summed E-state index contributed by atoms with van der Waals surface area (Å²) < 4.78 is 9.40. The van der Waals surface area contributed by atoms with Gasteiger partial charge in [-0.2, -0.15) is 5.10 Å². The molecule has 0 unspecified atom stereocenters. The Bertz CT molecular complexity index is 1970. The molecule has 0 bridgehead atoms. The lowest BCUT2D eigenvalue weighted by Gasteiger charge is -2.39. The van der Waals surface area contributed by atoms with Gasteiger partial charge in [-0.1, -0.05) is 39.8 Å². The molecule has 3 fully saturated rings. The van der Waals surface area contributed by atoms with Gasteiger partial charge in [0, 0.05) is 42.9 Å². The van der Waals surface area contributed by atoms with Gasteiger partial charge in [-0.25, -0.2) is 15.0 Å². The maximum atomic E-state index is 13.6. The van der Waals surface area contributed by atoms with Crippen LogP contribution in [0.2, 0.25) is 18.1 Å². The number of piperidine rings is 1. The minimum Gasteiger partial charge on any atom is -0.404 e. The Morgan fingerprint density at radius 1 is 1.06 bits per heavy atom. The maximum Gasteiger partial charge on any atom is 0.242 e. The number of carbonyl (C=O) groups excluding carboxylic acids is 2. The number of anilines is 1. The normalized spacial score (nSPS) is 23.0. The molecule has 4 heterocycles. The van der Waals surface area contributed by atoms with Crippen molar-refractivity contribution in [2.24, 2.45) is 5.41 Å². The second-order valence-corrected chi connectivity index (χ2v) is 21.7. The molecule has 0 radical (unpaired) electrons. The summed E-state index contributed by atoms with van der Waals surface area (Å²) in [5.41, 5.74) is 3.82. The molecule has 2 aliphatic carbocycles. The first-order valence-electron chi connectivity index (χ1n) is 17.2. The van der Waals surface area contributed by atoms with Crippen LogP contribution in [0.25, 0.3) is 22.0 Å². The number of aromatic nitrogens is 5. The second kappa shape index (κ2) is 11.9. The average molecular weight is 745 g/mol. The minimum atomic E-state index is -1.98. The van der Waals surface area contributed by atoms with Crippen LogP contribution in [-0.4, -0.2) is 68.3 Å². The SMILES string of the molecule is CC(=O)c1nn(CCN2[C@H](C(=O)Nc3nc(Br)ccc3C)C[C@@]3(C)C[C@@H]23)c2ccc(-c3cnc(C4(O[Si](C)(C)C(C)(C)C)CC4)nc3)cc12. The van der Waals surface area contributed by atoms with Crippen LogP contribution in [0.5, 0.6) is 0 Å². The first-order chi connectivity index (χ1) is 23.0. The molecule has 0 spiro atoms. The topological polar surface area (TPSA) is 115 Å². The predicted octanol–water partition coefficient (Wildman–Crippen LogP) is 7.66. The molecule has 4 aromatic rings. The summed E-state index contributed by atoms with van der Waals surface area (Å²) in [5, 5.41) is 8.78. The Kier molecular flexibility index (Phi) is 8.28. The molecule has 1 aliphatic heterocycles. The van der Waals surface area contributed by atoms with E-state index in [9.17, 15) is 9.59 Å². The molecule has 258 valence electrons. The van der Waals surface area contributed by atoms with Crippen molar-refractivity contribution in [1.82, 2.24) is 29.6 Å². The Labute approximate surface area is 297 Å². The van der Waals surface area contributed by atoms with Crippen molar-refractivity contribution in [2.45, 2.75) is 110 Å². The number of amides is 1. The third-order valence-electron chi connectivity index (χ3n) is 11.4. The third-order valence-corrected chi connectivity index (χ3v) is 16.3. The van der Waals surface area contributed by atoms with Crippen LogP contribution in [-0.2, 0) is 21.4 Å². The lowest BCUT2D eigenvalue weighted by atomic mass is 10.0. The molecule has 2 saturated carbocycles. The number of halogens is 1. The molecule has 1 N–H and O–H groups in total. The fourth-order valence-corrected chi connectivity index (χ4v) is 9.01. The van der Waals surface area contributed by atoms with Gasteiger partial charge in [0.25, 0.3) is 0 Å². The zero-order valence-corrected chi connectivity index (χ0v) is 32.3. The maximum absolute atomic E-state index is 13.6.